The van der Waals surface area contributed by atoms with Crippen molar-refractivity contribution >= 4 is 5.91 Å². The number of carbonyl (C=O) groups is 1. The lowest BCUT2D eigenvalue weighted by Gasteiger charge is -2.08. The van der Waals surface area contributed by atoms with Gasteiger partial charge in [0, 0.05) is 6.54 Å². The maximum absolute atomic E-state index is 10.9. The molecule has 0 aromatic heterocycles. The van der Waals surface area contributed by atoms with Crippen LogP contribution < -0.4 is 5.32 Å². The Morgan fingerprint density at radius 1 is 1.36 bits per heavy atom. The van der Waals surface area contributed by atoms with Crippen molar-refractivity contribution in [3.8, 4) is 0 Å². The van der Waals surface area contributed by atoms with Crippen LogP contribution in [0.2, 0.25) is 0 Å². The van der Waals surface area contributed by atoms with E-state index in [0.717, 1.165) is 5.56 Å². The second-order valence-electron chi connectivity index (χ2n) is 3.43. The van der Waals surface area contributed by atoms with E-state index in [1.807, 2.05) is 30.3 Å². The van der Waals surface area contributed by atoms with Gasteiger partial charge in [-0.3, -0.25) is 4.79 Å². The second kappa shape index (κ2) is 4.24. The van der Waals surface area contributed by atoms with Crippen molar-refractivity contribution in [3.63, 3.8) is 0 Å². The van der Waals surface area contributed by atoms with Crippen LogP contribution in [0.5, 0.6) is 0 Å². The number of carbonyl (C=O) groups excluding carboxylic acids is 1. The molecule has 0 saturated carbocycles. The van der Waals surface area contributed by atoms with E-state index in [2.05, 4.69) is 5.32 Å². The van der Waals surface area contributed by atoms with Crippen LogP contribution in [0.25, 0.3) is 0 Å². The van der Waals surface area contributed by atoms with Crippen molar-refractivity contribution in [3.05, 3.63) is 35.9 Å². The molecule has 0 aliphatic carbocycles. The number of benzene rings is 1. The molecule has 3 nitrogen and oxygen atoms in total. The number of nitrogens with one attached hydrogen (secondary N) is 1. The van der Waals surface area contributed by atoms with Gasteiger partial charge in [0.2, 0.25) is 5.91 Å². The summed E-state index contributed by atoms with van der Waals surface area (Å²) in [6.45, 7) is 1.23. The summed E-state index contributed by atoms with van der Waals surface area (Å²) in [6.07, 6.45) is 0.537. The largest absolute Gasteiger partial charge is 0.371 e. The fraction of sp³-hybridized carbons (Fsp3) is 0.364. The van der Waals surface area contributed by atoms with Crippen LogP contribution >= 0.6 is 0 Å². The summed E-state index contributed by atoms with van der Waals surface area (Å²) in [5.41, 5.74) is 1.15. The first-order valence-corrected chi connectivity index (χ1v) is 4.77. The molecule has 1 aliphatic heterocycles. The zero-order valence-corrected chi connectivity index (χ0v) is 7.90. The van der Waals surface area contributed by atoms with Crippen LogP contribution in [0.15, 0.2) is 30.3 Å². The van der Waals surface area contributed by atoms with Crippen molar-refractivity contribution in [1.82, 2.24) is 5.32 Å². The van der Waals surface area contributed by atoms with E-state index in [-0.39, 0.29) is 12.0 Å². The van der Waals surface area contributed by atoms with Crippen LogP contribution in [-0.2, 0) is 16.1 Å². The van der Waals surface area contributed by atoms with Gasteiger partial charge in [0.25, 0.3) is 0 Å². The third kappa shape index (κ3) is 2.33. The van der Waals surface area contributed by atoms with Crippen LogP contribution in [-0.4, -0.2) is 18.6 Å². The third-order valence-electron chi connectivity index (χ3n) is 2.27. The average Bonchev–Trinajstić information content (AvgIpc) is 2.63. The van der Waals surface area contributed by atoms with E-state index in [1.54, 1.807) is 0 Å². The fourth-order valence-corrected chi connectivity index (χ4v) is 1.48. The Balaban J connectivity index is 1.80. The Morgan fingerprint density at radius 2 is 2.14 bits per heavy atom. The highest BCUT2D eigenvalue weighted by molar-refractivity contribution is 5.78. The van der Waals surface area contributed by atoms with Crippen molar-refractivity contribution in [2.24, 2.45) is 0 Å². The minimum Gasteiger partial charge on any atom is -0.371 e. The maximum Gasteiger partial charge on any atom is 0.222 e. The lowest BCUT2D eigenvalue weighted by Crippen LogP contribution is -2.17. The van der Waals surface area contributed by atoms with E-state index in [4.69, 9.17) is 4.74 Å². The molecule has 3 heteroatoms. The molecule has 1 amide bonds. The molecule has 1 heterocycles. The van der Waals surface area contributed by atoms with Gasteiger partial charge in [-0.1, -0.05) is 30.3 Å². The predicted molar refractivity (Wildman–Crippen MR) is 52.6 cm³/mol. The summed E-state index contributed by atoms with van der Waals surface area (Å²) < 4.78 is 5.58. The molecule has 0 radical (unpaired) electrons. The molecule has 14 heavy (non-hydrogen) atoms. The summed E-state index contributed by atoms with van der Waals surface area (Å²) in [7, 11) is 0. The summed E-state index contributed by atoms with van der Waals surface area (Å²) in [4.78, 5) is 10.9. The van der Waals surface area contributed by atoms with Gasteiger partial charge in [-0.15, -0.1) is 0 Å². The van der Waals surface area contributed by atoms with Gasteiger partial charge in [0.15, 0.2) is 0 Å². The van der Waals surface area contributed by atoms with Gasteiger partial charge in [0.05, 0.1) is 19.1 Å². The fourth-order valence-electron chi connectivity index (χ4n) is 1.48. The van der Waals surface area contributed by atoms with Crippen LogP contribution in [0.1, 0.15) is 12.0 Å². The number of hydrogen-bond donors (Lipinski definition) is 1. The van der Waals surface area contributed by atoms with Gasteiger partial charge < -0.3 is 10.1 Å². The highest BCUT2D eigenvalue weighted by atomic mass is 16.5. The normalized spacial score (nSPS) is 20.9. The summed E-state index contributed by atoms with van der Waals surface area (Å²) >= 11 is 0. The molecule has 1 aromatic rings. The van der Waals surface area contributed by atoms with Crippen molar-refractivity contribution < 1.29 is 9.53 Å². The molecule has 1 unspecified atom stereocenters. The summed E-state index contributed by atoms with van der Waals surface area (Å²) in [5, 5.41) is 2.74. The Labute approximate surface area is 83.1 Å². The van der Waals surface area contributed by atoms with E-state index >= 15 is 0 Å². The number of amides is 1. The number of rotatable bonds is 3. The van der Waals surface area contributed by atoms with Crippen LogP contribution in [0.3, 0.4) is 0 Å². The first-order valence-electron chi connectivity index (χ1n) is 4.77. The van der Waals surface area contributed by atoms with Gasteiger partial charge >= 0.3 is 0 Å². The summed E-state index contributed by atoms with van der Waals surface area (Å²) in [5.74, 6) is 0.0862. The monoisotopic (exact) mass is 191 g/mol. The van der Waals surface area contributed by atoms with Crippen LogP contribution in [0, 0.1) is 0 Å². The first-order chi connectivity index (χ1) is 6.84. The Hall–Kier alpha value is -1.35. The minimum atomic E-state index is 0.0442. The molecule has 1 aliphatic rings. The molecule has 1 saturated heterocycles. The van der Waals surface area contributed by atoms with E-state index in [9.17, 15) is 4.79 Å². The highest BCUT2D eigenvalue weighted by Crippen LogP contribution is 2.08. The Morgan fingerprint density at radius 3 is 2.79 bits per heavy atom. The maximum atomic E-state index is 10.9. The molecule has 1 aromatic carbocycles. The predicted octanol–water partition coefficient (Wildman–Crippen LogP) is 1.09. The molecule has 2 rings (SSSR count). The van der Waals surface area contributed by atoms with E-state index < -0.39 is 0 Å². The molecule has 74 valence electrons. The van der Waals surface area contributed by atoms with Gasteiger partial charge in [-0.05, 0) is 5.56 Å². The quantitative estimate of drug-likeness (QED) is 0.776. The average molecular weight is 191 g/mol. The van der Waals surface area contributed by atoms with Gasteiger partial charge in [-0.2, -0.15) is 0 Å². The van der Waals surface area contributed by atoms with Gasteiger partial charge in [0.1, 0.15) is 0 Å². The number of ether oxygens (including phenoxy) is 1. The minimum absolute atomic E-state index is 0.0442. The SMILES string of the molecule is O=C1CC(OCc2ccccc2)CN1. The smallest absolute Gasteiger partial charge is 0.222 e. The van der Waals surface area contributed by atoms with Crippen molar-refractivity contribution in [2.75, 3.05) is 6.54 Å². The lowest BCUT2D eigenvalue weighted by atomic mass is 10.2. The van der Waals surface area contributed by atoms with Gasteiger partial charge in [-0.25, -0.2) is 0 Å². The van der Waals surface area contributed by atoms with Crippen LogP contribution in [0.4, 0.5) is 0 Å². The summed E-state index contributed by atoms with van der Waals surface area (Å²) in [6, 6.07) is 9.98. The molecule has 0 bridgehead atoms. The second-order valence-corrected chi connectivity index (χ2v) is 3.43. The number of hydrogen-bond acceptors (Lipinski definition) is 2. The Bertz CT molecular complexity index is 310. The molecule has 1 fully saturated rings. The molecular formula is C11H13NO2. The van der Waals surface area contributed by atoms with Crippen molar-refractivity contribution in [1.29, 1.82) is 0 Å². The zero-order valence-electron chi connectivity index (χ0n) is 7.90. The first kappa shape index (κ1) is 9.21. The Kier molecular flexibility index (Phi) is 2.79. The molecular weight excluding hydrogens is 178 g/mol. The molecule has 1 atom stereocenters. The highest BCUT2D eigenvalue weighted by Gasteiger charge is 2.21. The molecule has 1 N–H and O–H groups in total. The topological polar surface area (TPSA) is 38.3 Å². The van der Waals surface area contributed by atoms with E-state index in [1.165, 1.54) is 0 Å². The molecule has 0 spiro atoms. The zero-order chi connectivity index (χ0) is 9.80. The standard InChI is InChI=1S/C11H13NO2/c13-11-6-10(7-12-11)14-8-9-4-2-1-3-5-9/h1-5,10H,6-8H2,(H,12,13). The van der Waals surface area contributed by atoms with E-state index in [0.29, 0.717) is 19.6 Å². The third-order valence-corrected chi connectivity index (χ3v) is 2.27. The lowest BCUT2D eigenvalue weighted by molar-refractivity contribution is -0.119. The van der Waals surface area contributed by atoms with Crippen molar-refractivity contribution in [2.45, 2.75) is 19.1 Å².